The Morgan fingerprint density at radius 2 is 2.04 bits per heavy atom. The third-order valence-electron chi connectivity index (χ3n) is 5.16. The molecule has 3 aromatic rings. The normalized spacial score (nSPS) is 14.9. The summed E-state index contributed by atoms with van der Waals surface area (Å²) in [5.74, 6) is 1.61. The summed E-state index contributed by atoms with van der Waals surface area (Å²) in [7, 11) is 1.66. The lowest BCUT2D eigenvalue weighted by Crippen LogP contribution is -2.45. The molecule has 0 atom stereocenters. The number of fused-ring (bicyclic) bond motifs is 1. The van der Waals surface area contributed by atoms with Gasteiger partial charge in [0, 0.05) is 43.0 Å². The van der Waals surface area contributed by atoms with Gasteiger partial charge in [-0.25, -0.2) is 9.97 Å². The highest BCUT2D eigenvalue weighted by atomic mass is 16.5. The Balaban J connectivity index is 1.44. The molecule has 1 saturated heterocycles. The average molecular weight is 377 g/mol. The van der Waals surface area contributed by atoms with Crippen LogP contribution in [0.4, 0.5) is 5.82 Å². The van der Waals surface area contributed by atoms with Gasteiger partial charge < -0.3 is 15.0 Å². The predicted octanol–water partition coefficient (Wildman–Crippen LogP) is 2.74. The van der Waals surface area contributed by atoms with Gasteiger partial charge >= 0.3 is 0 Å². The van der Waals surface area contributed by atoms with Crippen molar-refractivity contribution in [3.63, 3.8) is 0 Å². The Labute approximate surface area is 163 Å². The number of nitrogens with one attached hydrogen (secondary N) is 1. The van der Waals surface area contributed by atoms with Gasteiger partial charge in [0.15, 0.2) is 0 Å². The van der Waals surface area contributed by atoms with E-state index < -0.39 is 0 Å². The van der Waals surface area contributed by atoms with Crippen molar-refractivity contribution in [2.24, 2.45) is 0 Å². The molecule has 0 saturated carbocycles. The predicted molar refractivity (Wildman–Crippen MR) is 108 cm³/mol. The molecule has 1 aromatic carbocycles. The first-order chi connectivity index (χ1) is 13.6. The molecule has 0 bridgehead atoms. The molecule has 4 rings (SSSR count). The zero-order valence-corrected chi connectivity index (χ0v) is 16.1. The highest BCUT2D eigenvalue weighted by Crippen LogP contribution is 2.27. The van der Waals surface area contributed by atoms with Crippen LogP contribution >= 0.6 is 0 Å². The highest BCUT2D eigenvalue weighted by Gasteiger charge is 2.23. The zero-order valence-electron chi connectivity index (χ0n) is 16.1. The molecule has 28 heavy (non-hydrogen) atoms. The van der Waals surface area contributed by atoms with E-state index in [9.17, 15) is 4.79 Å². The molecular formula is C21H23N5O2. The van der Waals surface area contributed by atoms with Crippen molar-refractivity contribution in [3.05, 3.63) is 54.1 Å². The zero-order chi connectivity index (χ0) is 19.5. The molecule has 1 N–H and O–H groups in total. The Morgan fingerprint density at radius 1 is 1.21 bits per heavy atom. The van der Waals surface area contributed by atoms with Crippen LogP contribution in [0.1, 0.15) is 28.9 Å². The van der Waals surface area contributed by atoms with E-state index in [1.165, 1.54) is 18.0 Å². The number of anilines is 1. The number of hydrogen-bond donors (Lipinski definition) is 1. The fourth-order valence-corrected chi connectivity index (χ4v) is 3.58. The number of rotatable bonds is 4. The van der Waals surface area contributed by atoms with Gasteiger partial charge in [0.25, 0.3) is 5.91 Å². The number of nitrogens with zero attached hydrogens (tertiary/aromatic N) is 4. The summed E-state index contributed by atoms with van der Waals surface area (Å²) in [5, 5.41) is 4.19. The number of hydrogen-bond acceptors (Lipinski definition) is 6. The molecular weight excluding hydrogens is 354 g/mol. The van der Waals surface area contributed by atoms with Gasteiger partial charge in [-0.15, -0.1) is 0 Å². The molecule has 0 unspecified atom stereocenters. The van der Waals surface area contributed by atoms with Crippen LogP contribution in [0.3, 0.4) is 0 Å². The summed E-state index contributed by atoms with van der Waals surface area (Å²) in [5.41, 5.74) is 2.49. The summed E-state index contributed by atoms with van der Waals surface area (Å²) in [6.07, 6.45) is 6.30. The van der Waals surface area contributed by atoms with Crippen molar-refractivity contribution in [2.45, 2.75) is 25.8 Å². The van der Waals surface area contributed by atoms with Crippen LogP contribution in [-0.2, 0) is 0 Å². The number of piperidine rings is 1. The standard InChI is InChI=1S/C21H23N5O2/c1-14-11-20(25-18-12-16(28-2)3-4-17(14)18)26-9-5-15(6-10-26)24-21(27)19-13-22-7-8-23-19/h3-4,7-8,11-13,15H,5-6,9-10H2,1-2H3,(H,24,27). The second-order valence-corrected chi connectivity index (χ2v) is 7.01. The second-order valence-electron chi connectivity index (χ2n) is 7.01. The van der Waals surface area contributed by atoms with Crippen LogP contribution in [0, 0.1) is 6.92 Å². The van der Waals surface area contributed by atoms with Crippen LogP contribution in [0.5, 0.6) is 5.75 Å². The quantitative estimate of drug-likeness (QED) is 0.753. The number of ether oxygens (including phenoxy) is 1. The minimum atomic E-state index is -0.168. The van der Waals surface area contributed by atoms with Gasteiger partial charge in [-0.3, -0.25) is 9.78 Å². The van der Waals surface area contributed by atoms with E-state index in [1.54, 1.807) is 13.3 Å². The summed E-state index contributed by atoms with van der Waals surface area (Å²) in [6, 6.07) is 8.25. The first-order valence-electron chi connectivity index (χ1n) is 9.41. The van der Waals surface area contributed by atoms with E-state index in [0.29, 0.717) is 5.69 Å². The monoisotopic (exact) mass is 377 g/mol. The molecule has 2 aromatic heterocycles. The third-order valence-corrected chi connectivity index (χ3v) is 5.16. The first-order valence-corrected chi connectivity index (χ1v) is 9.41. The Hall–Kier alpha value is -3.22. The van der Waals surface area contributed by atoms with Crippen LogP contribution in [-0.4, -0.2) is 47.1 Å². The summed E-state index contributed by atoms with van der Waals surface area (Å²) in [4.78, 5) is 27.4. The summed E-state index contributed by atoms with van der Waals surface area (Å²) < 4.78 is 5.33. The lowest BCUT2D eigenvalue weighted by atomic mass is 10.0. The molecule has 1 aliphatic rings. The topological polar surface area (TPSA) is 80.2 Å². The highest BCUT2D eigenvalue weighted by molar-refractivity contribution is 5.92. The van der Waals surface area contributed by atoms with E-state index in [-0.39, 0.29) is 11.9 Å². The third kappa shape index (κ3) is 3.74. The van der Waals surface area contributed by atoms with E-state index in [4.69, 9.17) is 9.72 Å². The minimum Gasteiger partial charge on any atom is -0.497 e. The van der Waals surface area contributed by atoms with E-state index >= 15 is 0 Å². The smallest absolute Gasteiger partial charge is 0.271 e. The molecule has 1 aliphatic heterocycles. The van der Waals surface area contributed by atoms with Gasteiger partial charge in [-0.05, 0) is 43.5 Å². The molecule has 1 amide bonds. The van der Waals surface area contributed by atoms with E-state index in [2.05, 4.69) is 39.2 Å². The van der Waals surface area contributed by atoms with Gasteiger partial charge in [0.2, 0.25) is 0 Å². The maximum Gasteiger partial charge on any atom is 0.271 e. The fraction of sp³-hybridized carbons (Fsp3) is 0.333. The molecule has 0 aliphatic carbocycles. The molecule has 144 valence electrons. The van der Waals surface area contributed by atoms with Gasteiger partial charge in [-0.2, -0.15) is 0 Å². The summed E-state index contributed by atoms with van der Waals surface area (Å²) in [6.45, 7) is 3.79. The Kier molecular flexibility index (Phi) is 5.06. The molecule has 0 spiro atoms. The second kappa shape index (κ2) is 7.80. The minimum absolute atomic E-state index is 0.132. The van der Waals surface area contributed by atoms with Crippen LogP contribution in [0.2, 0.25) is 0 Å². The Bertz CT molecular complexity index is 985. The SMILES string of the molecule is COc1ccc2c(C)cc(N3CCC(NC(=O)c4cnccn4)CC3)nc2c1. The van der Waals surface area contributed by atoms with Gasteiger partial charge in [0.1, 0.15) is 17.3 Å². The molecule has 3 heterocycles. The van der Waals surface area contributed by atoms with Crippen molar-refractivity contribution in [1.29, 1.82) is 0 Å². The van der Waals surface area contributed by atoms with Crippen LogP contribution in [0.15, 0.2) is 42.9 Å². The van der Waals surface area contributed by atoms with Gasteiger partial charge in [0.05, 0.1) is 18.8 Å². The first kappa shape index (κ1) is 18.2. The number of amides is 1. The van der Waals surface area contributed by atoms with Crippen LogP contribution < -0.4 is 15.0 Å². The summed E-state index contributed by atoms with van der Waals surface area (Å²) >= 11 is 0. The Morgan fingerprint density at radius 3 is 2.75 bits per heavy atom. The number of methoxy groups -OCH3 is 1. The number of carbonyl (C=O) groups excluding carboxylic acids is 1. The number of carbonyl (C=O) groups is 1. The number of pyridine rings is 1. The maximum atomic E-state index is 12.3. The van der Waals surface area contributed by atoms with Crippen molar-refractivity contribution in [2.75, 3.05) is 25.1 Å². The fourth-order valence-electron chi connectivity index (χ4n) is 3.58. The van der Waals surface area contributed by atoms with Gasteiger partial charge in [-0.1, -0.05) is 0 Å². The number of aromatic nitrogens is 3. The van der Waals surface area contributed by atoms with E-state index in [1.807, 2.05) is 12.1 Å². The van der Waals surface area contributed by atoms with Crippen LogP contribution in [0.25, 0.3) is 10.9 Å². The number of benzene rings is 1. The van der Waals surface area contributed by atoms with Crippen molar-refractivity contribution in [1.82, 2.24) is 20.3 Å². The number of aryl methyl sites for hydroxylation is 1. The lowest BCUT2D eigenvalue weighted by Gasteiger charge is -2.33. The molecule has 7 nitrogen and oxygen atoms in total. The largest absolute Gasteiger partial charge is 0.497 e. The molecule has 0 radical (unpaired) electrons. The van der Waals surface area contributed by atoms with Crippen molar-refractivity contribution in [3.8, 4) is 5.75 Å². The lowest BCUT2D eigenvalue weighted by molar-refractivity contribution is 0.0925. The molecule has 1 fully saturated rings. The maximum absolute atomic E-state index is 12.3. The average Bonchev–Trinajstić information content (AvgIpc) is 2.74. The van der Waals surface area contributed by atoms with Crippen molar-refractivity contribution >= 4 is 22.6 Å². The van der Waals surface area contributed by atoms with Crippen molar-refractivity contribution < 1.29 is 9.53 Å². The molecule has 7 heteroatoms. The van der Waals surface area contributed by atoms with E-state index in [0.717, 1.165) is 48.4 Å².